The van der Waals surface area contributed by atoms with Crippen LogP contribution in [0.25, 0.3) is 0 Å². The zero-order chi connectivity index (χ0) is 5.70. The number of nitrogens with one attached hydrogen (secondary N) is 2. The molecule has 7 heavy (non-hydrogen) atoms. The number of hydrogen-bond acceptors (Lipinski definition) is 3. The first kappa shape index (κ1) is 6.01. The second kappa shape index (κ2) is 3.21. The second-order valence-corrected chi connectivity index (χ2v) is 1.00. The van der Waals surface area contributed by atoms with Crippen molar-refractivity contribution < 1.29 is 5.11 Å². The summed E-state index contributed by atoms with van der Waals surface area (Å²) in [4.78, 5) is 0. The Morgan fingerprint density at radius 3 is 2.57 bits per heavy atom. The second-order valence-electron chi connectivity index (χ2n) is 1.00. The minimum Gasteiger partial charge on any atom is -0.505 e. The van der Waals surface area contributed by atoms with Crippen LogP contribution in [0.1, 0.15) is 0 Å². The average Bonchev–Trinajstić information content (AvgIpc) is 1.68. The van der Waals surface area contributed by atoms with E-state index in [0.29, 0.717) is 0 Å². The van der Waals surface area contributed by atoms with Crippen molar-refractivity contribution in [2.45, 2.75) is 0 Å². The Bertz CT molecular complexity index is 87.7. The fraction of sp³-hybridized carbons (Fsp3) is 0.250. The minimum absolute atomic E-state index is 0.0671. The maximum absolute atomic E-state index is 8.41. The van der Waals surface area contributed by atoms with Gasteiger partial charge in [-0.15, -0.1) is 0 Å². The van der Waals surface area contributed by atoms with Gasteiger partial charge in [0.05, 0.1) is 6.21 Å². The molecule has 0 aromatic rings. The molecule has 0 fully saturated rings. The van der Waals surface area contributed by atoms with Gasteiger partial charge in [-0.2, -0.15) is 0 Å². The van der Waals surface area contributed by atoms with Crippen LogP contribution in [0.15, 0.2) is 12.0 Å². The molecule has 0 aliphatic carbocycles. The van der Waals surface area contributed by atoms with Crippen molar-refractivity contribution in [1.82, 2.24) is 5.32 Å². The van der Waals surface area contributed by atoms with Gasteiger partial charge in [0, 0.05) is 13.2 Å². The smallest absolute Gasteiger partial charge is 0.148 e. The SMILES string of the molecule is CN/C=C(/O)C=N. The van der Waals surface area contributed by atoms with Crippen molar-refractivity contribution in [3.05, 3.63) is 12.0 Å². The lowest BCUT2D eigenvalue weighted by Gasteiger charge is -1.85. The van der Waals surface area contributed by atoms with E-state index in [1.54, 1.807) is 7.05 Å². The number of aliphatic hydroxyl groups excluding tert-OH is 1. The Balaban J connectivity index is 3.49. The molecule has 0 heterocycles. The third-order valence-electron chi connectivity index (χ3n) is 0.440. The van der Waals surface area contributed by atoms with Crippen LogP contribution in [0.3, 0.4) is 0 Å². The molecule has 0 saturated heterocycles. The molecule has 0 saturated carbocycles. The molecular formula is C4H8N2O. The summed E-state index contributed by atoms with van der Waals surface area (Å²) in [6, 6.07) is 0. The molecule has 3 nitrogen and oxygen atoms in total. The number of rotatable bonds is 2. The highest BCUT2D eigenvalue weighted by atomic mass is 16.3. The summed E-state index contributed by atoms with van der Waals surface area (Å²) in [6.07, 6.45) is 2.18. The van der Waals surface area contributed by atoms with E-state index in [0.717, 1.165) is 6.21 Å². The van der Waals surface area contributed by atoms with E-state index < -0.39 is 0 Å². The first-order valence-electron chi connectivity index (χ1n) is 1.88. The quantitative estimate of drug-likeness (QED) is 0.344. The third kappa shape index (κ3) is 2.82. The fourth-order valence-corrected chi connectivity index (χ4v) is 0.190. The molecule has 0 aliphatic rings. The Hall–Kier alpha value is -0.990. The van der Waals surface area contributed by atoms with Gasteiger partial charge in [-0.1, -0.05) is 0 Å². The number of allylic oxidation sites excluding steroid dienone is 1. The van der Waals surface area contributed by atoms with Gasteiger partial charge >= 0.3 is 0 Å². The van der Waals surface area contributed by atoms with E-state index in [1.165, 1.54) is 6.20 Å². The average molecular weight is 100 g/mol. The van der Waals surface area contributed by atoms with Crippen LogP contribution in [-0.2, 0) is 0 Å². The zero-order valence-electron chi connectivity index (χ0n) is 4.10. The fourth-order valence-electron chi connectivity index (χ4n) is 0.190. The predicted molar refractivity (Wildman–Crippen MR) is 28.6 cm³/mol. The number of aliphatic hydroxyl groups is 1. The Kier molecular flexibility index (Phi) is 2.76. The molecule has 3 N–H and O–H groups in total. The van der Waals surface area contributed by atoms with E-state index in [4.69, 9.17) is 10.5 Å². The van der Waals surface area contributed by atoms with Gasteiger partial charge in [0.15, 0.2) is 0 Å². The molecule has 0 rings (SSSR count). The van der Waals surface area contributed by atoms with Gasteiger partial charge in [0.1, 0.15) is 5.76 Å². The van der Waals surface area contributed by atoms with Crippen molar-refractivity contribution >= 4 is 6.21 Å². The van der Waals surface area contributed by atoms with Crippen LogP contribution >= 0.6 is 0 Å². The summed E-state index contributed by atoms with van der Waals surface area (Å²) in [7, 11) is 1.65. The molecule has 0 aromatic heterocycles. The molecule has 0 aromatic carbocycles. The Labute approximate surface area is 42.2 Å². The molecule has 0 atom stereocenters. The highest BCUT2D eigenvalue weighted by Crippen LogP contribution is 1.72. The van der Waals surface area contributed by atoms with Gasteiger partial charge in [-0.25, -0.2) is 0 Å². The van der Waals surface area contributed by atoms with Crippen LogP contribution < -0.4 is 5.32 Å². The molecule has 3 heteroatoms. The molecule has 40 valence electrons. The van der Waals surface area contributed by atoms with E-state index >= 15 is 0 Å². The lowest BCUT2D eigenvalue weighted by Crippen LogP contribution is -1.95. The van der Waals surface area contributed by atoms with Crippen molar-refractivity contribution in [1.29, 1.82) is 5.41 Å². The van der Waals surface area contributed by atoms with Crippen LogP contribution in [0.4, 0.5) is 0 Å². The van der Waals surface area contributed by atoms with Gasteiger partial charge in [0.25, 0.3) is 0 Å². The van der Waals surface area contributed by atoms with E-state index in [1.807, 2.05) is 0 Å². The summed E-state index contributed by atoms with van der Waals surface area (Å²) < 4.78 is 0. The van der Waals surface area contributed by atoms with Crippen molar-refractivity contribution in [3.8, 4) is 0 Å². The lowest BCUT2D eigenvalue weighted by molar-refractivity contribution is 0.442. The topological polar surface area (TPSA) is 56.1 Å². The summed E-state index contributed by atoms with van der Waals surface area (Å²) >= 11 is 0. The Morgan fingerprint density at radius 1 is 1.86 bits per heavy atom. The molecular weight excluding hydrogens is 92.1 g/mol. The van der Waals surface area contributed by atoms with Crippen molar-refractivity contribution in [2.24, 2.45) is 0 Å². The van der Waals surface area contributed by atoms with Crippen LogP contribution in [-0.4, -0.2) is 18.4 Å². The van der Waals surface area contributed by atoms with E-state index in [2.05, 4.69) is 5.32 Å². The van der Waals surface area contributed by atoms with Crippen molar-refractivity contribution in [3.63, 3.8) is 0 Å². The largest absolute Gasteiger partial charge is 0.505 e. The van der Waals surface area contributed by atoms with E-state index in [-0.39, 0.29) is 5.76 Å². The molecule has 0 unspecified atom stereocenters. The van der Waals surface area contributed by atoms with Gasteiger partial charge in [-0.3, -0.25) is 0 Å². The molecule has 0 bridgehead atoms. The molecule has 0 aliphatic heterocycles. The standard InChI is InChI=1S/C4H8N2O/c1-6-3-4(7)2-5/h2-3,5-7H,1H3/b4-3+,5-2?. The summed E-state index contributed by atoms with van der Waals surface area (Å²) in [6.45, 7) is 0. The third-order valence-corrected chi connectivity index (χ3v) is 0.440. The van der Waals surface area contributed by atoms with Crippen LogP contribution in [0.2, 0.25) is 0 Å². The highest BCUT2D eigenvalue weighted by Gasteiger charge is 1.75. The lowest BCUT2D eigenvalue weighted by atomic mass is 10.6. The normalized spacial score (nSPS) is 10.7. The monoisotopic (exact) mass is 100 g/mol. The van der Waals surface area contributed by atoms with E-state index in [9.17, 15) is 0 Å². The minimum atomic E-state index is -0.0671. The van der Waals surface area contributed by atoms with Crippen molar-refractivity contribution in [2.75, 3.05) is 7.05 Å². The summed E-state index contributed by atoms with van der Waals surface area (Å²) in [5, 5.41) is 17.4. The first-order valence-corrected chi connectivity index (χ1v) is 1.88. The van der Waals surface area contributed by atoms with Gasteiger partial charge < -0.3 is 15.8 Å². The Morgan fingerprint density at radius 2 is 2.43 bits per heavy atom. The van der Waals surface area contributed by atoms with Crippen LogP contribution in [0, 0.1) is 5.41 Å². The zero-order valence-corrected chi connectivity index (χ0v) is 4.10. The summed E-state index contributed by atoms with van der Waals surface area (Å²) in [5.41, 5.74) is 0. The maximum Gasteiger partial charge on any atom is 0.148 e. The van der Waals surface area contributed by atoms with Crippen LogP contribution in [0.5, 0.6) is 0 Å². The summed E-state index contributed by atoms with van der Waals surface area (Å²) in [5.74, 6) is -0.0671. The highest BCUT2D eigenvalue weighted by molar-refractivity contribution is 5.71. The van der Waals surface area contributed by atoms with Gasteiger partial charge in [-0.05, 0) is 0 Å². The predicted octanol–water partition coefficient (Wildman–Crippen LogP) is 0.255. The first-order chi connectivity index (χ1) is 3.31. The molecule has 0 spiro atoms. The molecule has 0 radical (unpaired) electrons. The molecule has 0 amide bonds. The van der Waals surface area contributed by atoms with Gasteiger partial charge in [0.2, 0.25) is 0 Å². The maximum atomic E-state index is 8.41. The number of hydrogen-bond donors (Lipinski definition) is 3.